The number of rotatable bonds is 6. The molecule has 5 heteroatoms. The molecule has 0 atom stereocenters. The van der Waals surface area contributed by atoms with Gasteiger partial charge in [0, 0.05) is 5.56 Å². The molecule has 4 rings (SSSR count). The third-order valence-corrected chi connectivity index (χ3v) is 6.05. The molecule has 0 unspecified atom stereocenters. The van der Waals surface area contributed by atoms with Crippen LogP contribution in [0, 0.1) is 6.92 Å². The Morgan fingerprint density at radius 1 is 1.04 bits per heavy atom. The standard InChI is InChI=1S/C22H23N3OS/c1-16-23-24-22(25(16)14-17-7-3-2-4-8-17)27-15-21(26)20-12-11-18-9-5-6-10-19(18)13-20/h2-4,7-8,11-13H,5-6,9-10,14-15H2,1H3. The summed E-state index contributed by atoms with van der Waals surface area (Å²) in [5, 5.41) is 9.27. The molecule has 1 aliphatic rings. The van der Waals surface area contributed by atoms with E-state index in [0.29, 0.717) is 5.75 Å². The molecule has 27 heavy (non-hydrogen) atoms. The van der Waals surface area contributed by atoms with Gasteiger partial charge in [-0.25, -0.2) is 0 Å². The summed E-state index contributed by atoms with van der Waals surface area (Å²) in [7, 11) is 0. The van der Waals surface area contributed by atoms with Crippen LogP contribution in [0.4, 0.5) is 0 Å². The van der Waals surface area contributed by atoms with E-state index in [9.17, 15) is 4.79 Å². The minimum atomic E-state index is 0.153. The molecule has 1 heterocycles. The average Bonchev–Trinajstić information content (AvgIpc) is 3.06. The van der Waals surface area contributed by atoms with Gasteiger partial charge in [0.15, 0.2) is 10.9 Å². The van der Waals surface area contributed by atoms with Crippen LogP contribution in [0.5, 0.6) is 0 Å². The van der Waals surface area contributed by atoms with Crippen molar-refractivity contribution in [1.82, 2.24) is 14.8 Å². The van der Waals surface area contributed by atoms with Gasteiger partial charge in [-0.3, -0.25) is 4.79 Å². The molecule has 0 fully saturated rings. The zero-order chi connectivity index (χ0) is 18.6. The fraction of sp³-hybridized carbons (Fsp3) is 0.318. The van der Waals surface area contributed by atoms with Gasteiger partial charge < -0.3 is 4.57 Å². The maximum atomic E-state index is 12.7. The van der Waals surface area contributed by atoms with Crippen LogP contribution in [0.15, 0.2) is 53.7 Å². The fourth-order valence-electron chi connectivity index (χ4n) is 3.54. The van der Waals surface area contributed by atoms with Crippen LogP contribution >= 0.6 is 11.8 Å². The second-order valence-corrected chi connectivity index (χ2v) is 7.95. The van der Waals surface area contributed by atoms with E-state index >= 15 is 0 Å². The topological polar surface area (TPSA) is 47.8 Å². The van der Waals surface area contributed by atoms with Crippen molar-refractivity contribution in [2.24, 2.45) is 0 Å². The second-order valence-electron chi connectivity index (χ2n) is 7.00. The van der Waals surface area contributed by atoms with Gasteiger partial charge in [-0.1, -0.05) is 54.2 Å². The van der Waals surface area contributed by atoms with Gasteiger partial charge in [0.05, 0.1) is 12.3 Å². The summed E-state index contributed by atoms with van der Waals surface area (Å²) < 4.78 is 2.07. The number of hydrogen-bond donors (Lipinski definition) is 0. The zero-order valence-electron chi connectivity index (χ0n) is 15.5. The first-order chi connectivity index (χ1) is 13.2. The Balaban J connectivity index is 1.45. The van der Waals surface area contributed by atoms with E-state index in [4.69, 9.17) is 0 Å². The van der Waals surface area contributed by atoms with Crippen LogP contribution in [0.25, 0.3) is 0 Å². The highest BCUT2D eigenvalue weighted by Crippen LogP contribution is 2.24. The summed E-state index contributed by atoms with van der Waals surface area (Å²) in [5.41, 5.74) is 4.76. The number of carbonyl (C=O) groups is 1. The molecule has 0 N–H and O–H groups in total. The van der Waals surface area contributed by atoms with E-state index in [2.05, 4.69) is 39.0 Å². The number of thioether (sulfide) groups is 1. The largest absolute Gasteiger partial charge is 0.302 e. The molecular formula is C22H23N3OS. The lowest BCUT2D eigenvalue weighted by molar-refractivity contribution is 0.102. The highest BCUT2D eigenvalue weighted by molar-refractivity contribution is 7.99. The van der Waals surface area contributed by atoms with Crippen molar-refractivity contribution in [2.45, 2.75) is 44.3 Å². The van der Waals surface area contributed by atoms with Gasteiger partial charge >= 0.3 is 0 Å². The van der Waals surface area contributed by atoms with E-state index in [1.54, 1.807) is 0 Å². The van der Waals surface area contributed by atoms with Gasteiger partial charge in [-0.2, -0.15) is 0 Å². The van der Waals surface area contributed by atoms with Gasteiger partial charge in [0.25, 0.3) is 0 Å². The van der Waals surface area contributed by atoms with Gasteiger partial charge in [-0.15, -0.1) is 10.2 Å². The van der Waals surface area contributed by atoms with Crippen LogP contribution < -0.4 is 0 Å². The van der Waals surface area contributed by atoms with Crippen molar-refractivity contribution in [2.75, 3.05) is 5.75 Å². The number of ketones is 1. The molecule has 0 saturated carbocycles. The van der Waals surface area contributed by atoms with Crippen LogP contribution in [-0.4, -0.2) is 26.3 Å². The molecule has 4 nitrogen and oxygen atoms in total. The Bertz CT molecular complexity index is 949. The molecule has 0 spiro atoms. The molecule has 1 aromatic heterocycles. The van der Waals surface area contributed by atoms with Crippen LogP contribution in [-0.2, 0) is 19.4 Å². The monoisotopic (exact) mass is 377 g/mol. The Morgan fingerprint density at radius 2 is 1.81 bits per heavy atom. The molecule has 0 amide bonds. The molecule has 0 saturated heterocycles. The number of Topliss-reactive ketones (excluding diaryl/α,β-unsaturated/α-hetero) is 1. The first-order valence-electron chi connectivity index (χ1n) is 9.42. The summed E-state index contributed by atoms with van der Waals surface area (Å²) in [6, 6.07) is 16.5. The Morgan fingerprint density at radius 3 is 2.63 bits per heavy atom. The highest BCUT2D eigenvalue weighted by atomic mass is 32.2. The molecule has 1 aliphatic carbocycles. The predicted octanol–water partition coefficient (Wildman–Crippen LogP) is 4.49. The van der Waals surface area contributed by atoms with E-state index in [1.165, 1.54) is 41.3 Å². The number of fused-ring (bicyclic) bond motifs is 1. The first-order valence-corrected chi connectivity index (χ1v) is 10.4. The van der Waals surface area contributed by atoms with E-state index < -0.39 is 0 Å². The summed E-state index contributed by atoms with van der Waals surface area (Å²) in [4.78, 5) is 12.7. The fourth-order valence-corrected chi connectivity index (χ4v) is 4.41. The first kappa shape index (κ1) is 18.0. The van der Waals surface area contributed by atoms with Crippen molar-refractivity contribution in [3.05, 3.63) is 76.6 Å². The number of nitrogens with zero attached hydrogens (tertiary/aromatic N) is 3. The van der Waals surface area contributed by atoms with Crippen molar-refractivity contribution < 1.29 is 4.79 Å². The lowest BCUT2D eigenvalue weighted by Crippen LogP contribution is -2.09. The van der Waals surface area contributed by atoms with E-state index in [0.717, 1.165) is 35.9 Å². The second kappa shape index (κ2) is 8.09. The minimum absolute atomic E-state index is 0.153. The van der Waals surface area contributed by atoms with Crippen molar-refractivity contribution in [3.63, 3.8) is 0 Å². The molecule has 0 bridgehead atoms. The quantitative estimate of drug-likeness (QED) is 0.469. The van der Waals surface area contributed by atoms with Crippen molar-refractivity contribution >= 4 is 17.5 Å². The molecule has 2 aromatic carbocycles. The van der Waals surface area contributed by atoms with Crippen molar-refractivity contribution in [3.8, 4) is 0 Å². The molecule has 3 aromatic rings. The van der Waals surface area contributed by atoms with Gasteiger partial charge in [0.2, 0.25) is 0 Å². The predicted molar refractivity (Wildman–Crippen MR) is 108 cm³/mol. The number of benzene rings is 2. The average molecular weight is 378 g/mol. The minimum Gasteiger partial charge on any atom is -0.302 e. The summed E-state index contributed by atoms with van der Waals surface area (Å²) in [6.45, 7) is 2.67. The number of hydrogen-bond acceptors (Lipinski definition) is 4. The SMILES string of the molecule is Cc1nnc(SCC(=O)c2ccc3c(c2)CCCC3)n1Cc1ccccc1. The van der Waals surface area contributed by atoms with Crippen molar-refractivity contribution in [1.29, 1.82) is 0 Å². The summed E-state index contributed by atoms with van der Waals surface area (Å²) in [5.74, 6) is 1.40. The lowest BCUT2D eigenvalue weighted by atomic mass is 9.90. The summed E-state index contributed by atoms with van der Waals surface area (Å²) >= 11 is 1.47. The Labute approximate surface area is 164 Å². The maximum absolute atomic E-state index is 12.7. The van der Waals surface area contributed by atoms with E-state index in [-0.39, 0.29) is 5.78 Å². The lowest BCUT2D eigenvalue weighted by Gasteiger charge is -2.16. The summed E-state index contributed by atoms with van der Waals surface area (Å²) in [6.07, 6.45) is 4.71. The zero-order valence-corrected chi connectivity index (χ0v) is 16.3. The van der Waals surface area contributed by atoms with Gasteiger partial charge in [-0.05, 0) is 55.4 Å². The number of carbonyl (C=O) groups excluding carboxylic acids is 1. The molecule has 0 aliphatic heterocycles. The van der Waals surface area contributed by atoms with Crippen LogP contribution in [0.1, 0.15) is 45.7 Å². The number of aromatic nitrogens is 3. The van der Waals surface area contributed by atoms with Crippen LogP contribution in [0.2, 0.25) is 0 Å². The van der Waals surface area contributed by atoms with E-state index in [1.807, 2.05) is 31.2 Å². The normalized spacial score (nSPS) is 13.4. The van der Waals surface area contributed by atoms with Crippen LogP contribution in [0.3, 0.4) is 0 Å². The third-order valence-electron chi connectivity index (χ3n) is 5.09. The van der Waals surface area contributed by atoms with Gasteiger partial charge in [0.1, 0.15) is 5.82 Å². The maximum Gasteiger partial charge on any atom is 0.191 e. The third kappa shape index (κ3) is 4.14. The molecule has 0 radical (unpaired) electrons. The highest BCUT2D eigenvalue weighted by Gasteiger charge is 2.15. The molecular weight excluding hydrogens is 354 g/mol. The Kier molecular flexibility index (Phi) is 5.39. The smallest absolute Gasteiger partial charge is 0.191 e. The number of aryl methyl sites for hydroxylation is 3. The molecule has 138 valence electrons. The Hall–Kier alpha value is -2.40.